The summed E-state index contributed by atoms with van der Waals surface area (Å²) in [5, 5.41) is 3.25. The summed E-state index contributed by atoms with van der Waals surface area (Å²) >= 11 is 0. The molecule has 0 bridgehead atoms. The first kappa shape index (κ1) is 20.3. The fourth-order valence-corrected chi connectivity index (χ4v) is 4.94. The van der Waals surface area contributed by atoms with E-state index in [-0.39, 0.29) is 11.9 Å². The number of hydrogen-bond donors (Lipinski definition) is 2. The lowest BCUT2D eigenvalue weighted by Crippen LogP contribution is -2.62. The molecular formula is C22H36N4O. The quantitative estimate of drug-likeness (QED) is 0.853. The van der Waals surface area contributed by atoms with E-state index in [0.29, 0.717) is 6.04 Å². The van der Waals surface area contributed by atoms with Crippen molar-refractivity contribution in [3.05, 3.63) is 29.3 Å². The van der Waals surface area contributed by atoms with Crippen LogP contribution in [0, 0.1) is 13.8 Å². The Morgan fingerprint density at radius 1 is 1.15 bits per heavy atom. The van der Waals surface area contributed by atoms with Gasteiger partial charge in [0.05, 0.1) is 0 Å². The zero-order chi connectivity index (χ0) is 19.6. The molecule has 0 aromatic heterocycles. The maximum Gasteiger partial charge on any atom is 0.244 e. The molecule has 5 heteroatoms. The van der Waals surface area contributed by atoms with E-state index in [9.17, 15) is 4.79 Å². The van der Waals surface area contributed by atoms with Gasteiger partial charge in [0.2, 0.25) is 5.91 Å². The molecule has 1 heterocycles. The summed E-state index contributed by atoms with van der Waals surface area (Å²) in [6, 6.07) is 6.92. The summed E-state index contributed by atoms with van der Waals surface area (Å²) in [5.41, 5.74) is 9.13. The Balaban J connectivity index is 1.73. The van der Waals surface area contributed by atoms with Gasteiger partial charge in [-0.2, -0.15) is 0 Å². The number of rotatable bonds is 4. The molecular weight excluding hydrogens is 336 g/mol. The zero-order valence-electron chi connectivity index (χ0n) is 17.4. The van der Waals surface area contributed by atoms with Crippen molar-refractivity contribution >= 4 is 11.6 Å². The second-order valence-electron chi connectivity index (χ2n) is 8.70. The van der Waals surface area contributed by atoms with Crippen LogP contribution in [0.3, 0.4) is 0 Å². The molecule has 1 saturated heterocycles. The van der Waals surface area contributed by atoms with E-state index in [1.807, 2.05) is 20.2 Å². The fourth-order valence-electron chi connectivity index (χ4n) is 4.94. The van der Waals surface area contributed by atoms with Crippen LogP contribution in [0.4, 0.5) is 5.69 Å². The molecule has 1 aliphatic heterocycles. The Kier molecular flexibility index (Phi) is 6.24. The van der Waals surface area contributed by atoms with Crippen molar-refractivity contribution < 1.29 is 4.79 Å². The SMILES string of the molecule is Cc1cccc(C)c1NC(=O)C1(N(C)C)CCN(C2CCCCC2N)CC1. The number of carbonyl (C=O) groups is 1. The van der Waals surface area contributed by atoms with Crippen molar-refractivity contribution in [3.8, 4) is 0 Å². The maximum absolute atomic E-state index is 13.4. The van der Waals surface area contributed by atoms with Gasteiger partial charge in [-0.1, -0.05) is 31.0 Å². The van der Waals surface area contributed by atoms with Crippen LogP contribution >= 0.6 is 0 Å². The van der Waals surface area contributed by atoms with Gasteiger partial charge in [0.25, 0.3) is 0 Å². The van der Waals surface area contributed by atoms with Gasteiger partial charge >= 0.3 is 0 Å². The lowest BCUT2D eigenvalue weighted by molar-refractivity contribution is -0.130. The molecule has 27 heavy (non-hydrogen) atoms. The third-order valence-electron chi connectivity index (χ3n) is 6.87. The minimum Gasteiger partial charge on any atom is -0.326 e. The average Bonchev–Trinajstić information content (AvgIpc) is 2.65. The third-order valence-corrected chi connectivity index (χ3v) is 6.87. The van der Waals surface area contributed by atoms with Crippen LogP contribution in [0.15, 0.2) is 18.2 Å². The molecule has 150 valence electrons. The number of likely N-dealkylation sites (N-methyl/N-ethyl adjacent to an activating group) is 1. The van der Waals surface area contributed by atoms with E-state index in [2.05, 4.69) is 41.1 Å². The van der Waals surface area contributed by atoms with Gasteiger partial charge in [-0.25, -0.2) is 0 Å². The highest BCUT2D eigenvalue weighted by molar-refractivity contribution is 5.99. The summed E-state index contributed by atoms with van der Waals surface area (Å²) < 4.78 is 0. The summed E-state index contributed by atoms with van der Waals surface area (Å²) in [6.07, 6.45) is 6.56. The predicted molar refractivity (Wildman–Crippen MR) is 112 cm³/mol. The van der Waals surface area contributed by atoms with Crippen molar-refractivity contribution in [1.82, 2.24) is 9.80 Å². The number of anilines is 1. The Hall–Kier alpha value is -1.43. The Labute approximate surface area is 164 Å². The maximum atomic E-state index is 13.4. The van der Waals surface area contributed by atoms with Crippen LogP contribution in [-0.2, 0) is 4.79 Å². The molecule has 1 aromatic carbocycles. The van der Waals surface area contributed by atoms with Crippen molar-refractivity contribution in [2.45, 2.75) is 70.0 Å². The molecule has 2 aliphatic rings. The highest BCUT2D eigenvalue weighted by atomic mass is 16.2. The monoisotopic (exact) mass is 372 g/mol. The second-order valence-corrected chi connectivity index (χ2v) is 8.70. The minimum atomic E-state index is -0.454. The van der Waals surface area contributed by atoms with Crippen LogP contribution in [0.2, 0.25) is 0 Å². The summed E-state index contributed by atoms with van der Waals surface area (Å²) in [5.74, 6) is 0.123. The van der Waals surface area contributed by atoms with E-state index in [0.717, 1.165) is 49.2 Å². The molecule has 1 saturated carbocycles. The lowest BCUT2D eigenvalue weighted by atomic mass is 9.82. The minimum absolute atomic E-state index is 0.123. The summed E-state index contributed by atoms with van der Waals surface area (Å²) in [7, 11) is 4.07. The van der Waals surface area contributed by atoms with Gasteiger partial charge in [0.1, 0.15) is 5.54 Å². The van der Waals surface area contributed by atoms with Crippen LogP contribution < -0.4 is 11.1 Å². The van der Waals surface area contributed by atoms with Gasteiger partial charge in [-0.15, -0.1) is 0 Å². The summed E-state index contributed by atoms with van der Waals surface area (Å²) in [4.78, 5) is 18.0. The first-order valence-electron chi connectivity index (χ1n) is 10.4. The number of likely N-dealkylation sites (tertiary alicyclic amines) is 1. The van der Waals surface area contributed by atoms with Crippen LogP contribution in [0.5, 0.6) is 0 Å². The molecule has 2 atom stereocenters. The first-order chi connectivity index (χ1) is 12.8. The highest BCUT2D eigenvalue weighted by Gasteiger charge is 2.45. The largest absolute Gasteiger partial charge is 0.326 e. The normalized spacial score (nSPS) is 26.1. The molecule has 3 rings (SSSR count). The van der Waals surface area contributed by atoms with Gasteiger partial charge < -0.3 is 11.1 Å². The van der Waals surface area contributed by atoms with Crippen LogP contribution in [-0.4, -0.2) is 60.5 Å². The van der Waals surface area contributed by atoms with Crippen molar-refractivity contribution in [2.24, 2.45) is 5.73 Å². The van der Waals surface area contributed by atoms with E-state index in [4.69, 9.17) is 5.73 Å². The molecule has 1 aliphatic carbocycles. The van der Waals surface area contributed by atoms with E-state index >= 15 is 0 Å². The van der Waals surface area contributed by atoms with Crippen LogP contribution in [0.1, 0.15) is 49.7 Å². The third kappa shape index (κ3) is 4.05. The lowest BCUT2D eigenvalue weighted by Gasteiger charge is -2.48. The van der Waals surface area contributed by atoms with Gasteiger partial charge in [-0.3, -0.25) is 14.6 Å². The first-order valence-corrected chi connectivity index (χ1v) is 10.4. The number of nitrogens with one attached hydrogen (secondary N) is 1. The molecule has 2 fully saturated rings. The number of carbonyl (C=O) groups excluding carboxylic acids is 1. The number of benzene rings is 1. The topological polar surface area (TPSA) is 61.6 Å². The molecule has 3 N–H and O–H groups in total. The zero-order valence-corrected chi connectivity index (χ0v) is 17.4. The Morgan fingerprint density at radius 3 is 2.30 bits per heavy atom. The number of aryl methyl sites for hydroxylation is 2. The van der Waals surface area contributed by atoms with Gasteiger partial charge in [0, 0.05) is 30.9 Å². The highest BCUT2D eigenvalue weighted by Crippen LogP contribution is 2.33. The molecule has 1 amide bonds. The molecule has 2 unspecified atom stereocenters. The smallest absolute Gasteiger partial charge is 0.244 e. The average molecular weight is 373 g/mol. The van der Waals surface area contributed by atoms with Crippen molar-refractivity contribution in [3.63, 3.8) is 0 Å². The van der Waals surface area contributed by atoms with Crippen molar-refractivity contribution in [2.75, 3.05) is 32.5 Å². The predicted octanol–water partition coefficient (Wildman–Crippen LogP) is 2.91. The molecule has 0 spiro atoms. The van der Waals surface area contributed by atoms with Crippen LogP contribution in [0.25, 0.3) is 0 Å². The van der Waals surface area contributed by atoms with E-state index in [1.54, 1.807) is 0 Å². The van der Waals surface area contributed by atoms with E-state index < -0.39 is 5.54 Å². The van der Waals surface area contributed by atoms with E-state index in [1.165, 1.54) is 19.3 Å². The number of nitrogens with two attached hydrogens (primary N) is 1. The number of para-hydroxylation sites is 1. The number of amides is 1. The Morgan fingerprint density at radius 2 is 1.74 bits per heavy atom. The number of piperidine rings is 1. The molecule has 5 nitrogen and oxygen atoms in total. The molecule has 1 aromatic rings. The fraction of sp³-hybridized carbons (Fsp3) is 0.682. The number of nitrogens with zero attached hydrogens (tertiary/aromatic N) is 2. The van der Waals surface area contributed by atoms with Crippen molar-refractivity contribution in [1.29, 1.82) is 0 Å². The number of hydrogen-bond acceptors (Lipinski definition) is 4. The molecule has 0 radical (unpaired) electrons. The Bertz CT molecular complexity index is 644. The van der Waals surface area contributed by atoms with Gasteiger partial charge in [-0.05, 0) is 64.8 Å². The second kappa shape index (κ2) is 8.29. The van der Waals surface area contributed by atoms with Gasteiger partial charge in [0.15, 0.2) is 0 Å². The standard InChI is InChI=1S/C22H36N4O/c1-16-8-7-9-17(2)20(16)24-21(27)22(25(3)4)12-14-26(15-13-22)19-11-6-5-10-18(19)23/h7-9,18-19H,5-6,10-15,23H2,1-4H3,(H,24,27). The summed E-state index contributed by atoms with van der Waals surface area (Å²) in [6.45, 7) is 5.99.